The average Bonchev–Trinajstić information content (AvgIpc) is 2.48. The van der Waals surface area contributed by atoms with Crippen LogP contribution < -0.4 is 5.32 Å². The van der Waals surface area contributed by atoms with E-state index in [0.717, 1.165) is 11.4 Å². The van der Waals surface area contributed by atoms with Gasteiger partial charge in [-0.15, -0.1) is 0 Å². The molecule has 0 atom stereocenters. The quantitative estimate of drug-likeness (QED) is 0.727. The molecule has 5 nitrogen and oxygen atoms in total. The van der Waals surface area contributed by atoms with Crippen LogP contribution >= 0.6 is 0 Å². The van der Waals surface area contributed by atoms with Gasteiger partial charge < -0.3 is 10.4 Å². The summed E-state index contributed by atoms with van der Waals surface area (Å²) in [5.74, 6) is 0. The van der Waals surface area contributed by atoms with Gasteiger partial charge in [-0.1, -0.05) is 10.3 Å². The molecule has 0 spiro atoms. The van der Waals surface area contributed by atoms with Crippen molar-refractivity contribution in [3.05, 3.63) is 11.4 Å². The lowest BCUT2D eigenvalue weighted by molar-refractivity contribution is 0.228. The average molecular weight is 199 g/mol. The highest BCUT2D eigenvalue weighted by Gasteiger charge is 2.17. The summed E-state index contributed by atoms with van der Waals surface area (Å²) in [4.78, 5) is 0. The van der Waals surface area contributed by atoms with Gasteiger partial charge >= 0.3 is 0 Å². The molecule has 2 N–H and O–H groups in total. The molecule has 0 amide bonds. The van der Waals surface area contributed by atoms with Gasteiger partial charge in [0.2, 0.25) is 0 Å². The Morgan fingerprint density at radius 2 is 2.14 bits per heavy atom. The van der Waals surface area contributed by atoms with Crippen molar-refractivity contribution in [2.75, 3.05) is 6.61 Å². The number of rotatable bonds is 5. The molecule has 0 radical (unpaired) electrons. The molecule has 0 unspecified atom stereocenters. The van der Waals surface area contributed by atoms with Crippen molar-refractivity contribution in [2.45, 2.75) is 39.3 Å². The first-order valence-electron chi connectivity index (χ1n) is 4.69. The third-order valence-corrected chi connectivity index (χ3v) is 2.22. The van der Waals surface area contributed by atoms with E-state index in [1.165, 1.54) is 0 Å². The van der Waals surface area contributed by atoms with Crippen LogP contribution in [0.2, 0.25) is 0 Å². The Morgan fingerprint density at radius 3 is 2.64 bits per heavy atom. The minimum atomic E-state index is -0.0971. The van der Waals surface area contributed by atoms with Gasteiger partial charge in [-0.2, -0.15) is 0 Å². The van der Waals surface area contributed by atoms with Crippen LogP contribution in [0.5, 0.6) is 0 Å². The SMILES string of the molecule is Cc1nonc1CNC(C)(C)CCO. The van der Waals surface area contributed by atoms with Crippen molar-refractivity contribution in [1.82, 2.24) is 15.6 Å². The molecule has 1 heterocycles. The molecule has 0 aliphatic heterocycles. The Morgan fingerprint density at radius 1 is 1.43 bits per heavy atom. The zero-order valence-electron chi connectivity index (χ0n) is 8.87. The summed E-state index contributed by atoms with van der Waals surface area (Å²) in [6, 6.07) is 0. The van der Waals surface area contributed by atoms with Crippen molar-refractivity contribution < 1.29 is 9.74 Å². The van der Waals surface area contributed by atoms with E-state index in [-0.39, 0.29) is 12.1 Å². The van der Waals surface area contributed by atoms with E-state index in [2.05, 4.69) is 20.3 Å². The van der Waals surface area contributed by atoms with Crippen LogP contribution in [-0.4, -0.2) is 27.6 Å². The second kappa shape index (κ2) is 4.52. The Kier molecular flexibility index (Phi) is 3.60. The molecule has 1 aromatic heterocycles. The van der Waals surface area contributed by atoms with Crippen molar-refractivity contribution in [3.8, 4) is 0 Å². The minimum Gasteiger partial charge on any atom is -0.396 e. The summed E-state index contributed by atoms with van der Waals surface area (Å²) in [5, 5.41) is 19.6. The van der Waals surface area contributed by atoms with Crippen LogP contribution in [0.15, 0.2) is 4.63 Å². The zero-order valence-corrected chi connectivity index (χ0v) is 8.87. The van der Waals surface area contributed by atoms with Gasteiger partial charge in [0.1, 0.15) is 11.4 Å². The number of nitrogens with zero attached hydrogens (tertiary/aromatic N) is 2. The number of hydrogen-bond donors (Lipinski definition) is 2. The summed E-state index contributed by atoms with van der Waals surface area (Å²) in [6.45, 7) is 6.71. The maximum Gasteiger partial charge on any atom is 0.121 e. The van der Waals surface area contributed by atoms with Crippen molar-refractivity contribution in [3.63, 3.8) is 0 Å². The summed E-state index contributed by atoms with van der Waals surface area (Å²) in [7, 11) is 0. The maximum absolute atomic E-state index is 8.83. The van der Waals surface area contributed by atoms with Gasteiger partial charge in [-0.25, -0.2) is 4.63 Å². The van der Waals surface area contributed by atoms with Crippen molar-refractivity contribution >= 4 is 0 Å². The summed E-state index contributed by atoms with van der Waals surface area (Å²) in [5.41, 5.74) is 1.52. The molecular weight excluding hydrogens is 182 g/mol. The van der Waals surface area contributed by atoms with E-state index in [1.54, 1.807) is 0 Å². The van der Waals surface area contributed by atoms with Crippen LogP contribution in [0, 0.1) is 6.92 Å². The van der Waals surface area contributed by atoms with Gasteiger partial charge in [0, 0.05) is 18.7 Å². The summed E-state index contributed by atoms with van der Waals surface area (Å²) < 4.78 is 4.58. The Balaban J connectivity index is 2.44. The van der Waals surface area contributed by atoms with E-state index in [0.29, 0.717) is 13.0 Å². The molecular formula is C9H17N3O2. The number of aromatic nitrogens is 2. The first kappa shape index (κ1) is 11.1. The van der Waals surface area contributed by atoms with Gasteiger partial charge in [-0.3, -0.25) is 0 Å². The van der Waals surface area contributed by atoms with Gasteiger partial charge in [0.15, 0.2) is 0 Å². The molecule has 80 valence electrons. The number of nitrogens with one attached hydrogen (secondary N) is 1. The van der Waals surface area contributed by atoms with Gasteiger partial charge in [0.25, 0.3) is 0 Å². The first-order chi connectivity index (χ1) is 6.55. The third-order valence-electron chi connectivity index (χ3n) is 2.22. The topological polar surface area (TPSA) is 71.2 Å². The van der Waals surface area contributed by atoms with Crippen LogP contribution in [-0.2, 0) is 6.54 Å². The lowest BCUT2D eigenvalue weighted by Crippen LogP contribution is -2.39. The fourth-order valence-electron chi connectivity index (χ4n) is 1.10. The summed E-state index contributed by atoms with van der Waals surface area (Å²) >= 11 is 0. The monoisotopic (exact) mass is 199 g/mol. The number of aliphatic hydroxyl groups excluding tert-OH is 1. The zero-order chi connectivity index (χ0) is 10.6. The fourth-order valence-corrected chi connectivity index (χ4v) is 1.10. The van der Waals surface area contributed by atoms with E-state index in [1.807, 2.05) is 20.8 Å². The highest BCUT2D eigenvalue weighted by Crippen LogP contribution is 2.09. The predicted molar refractivity (Wildman–Crippen MR) is 51.7 cm³/mol. The largest absolute Gasteiger partial charge is 0.396 e. The third kappa shape index (κ3) is 3.08. The Hall–Kier alpha value is -0.940. The molecule has 1 aromatic rings. The molecule has 1 rings (SSSR count). The molecule has 0 saturated carbocycles. The second-order valence-electron chi connectivity index (χ2n) is 4.01. The number of hydrogen-bond acceptors (Lipinski definition) is 5. The number of aliphatic hydroxyl groups is 1. The van der Waals surface area contributed by atoms with Crippen LogP contribution in [0.3, 0.4) is 0 Å². The van der Waals surface area contributed by atoms with Gasteiger partial charge in [-0.05, 0) is 27.2 Å². The molecule has 0 aliphatic rings. The standard InChI is InChI=1S/C9H17N3O2/c1-7-8(12-14-11-7)6-10-9(2,3)4-5-13/h10,13H,4-6H2,1-3H3. The highest BCUT2D eigenvalue weighted by atomic mass is 16.6. The smallest absolute Gasteiger partial charge is 0.121 e. The van der Waals surface area contributed by atoms with Crippen LogP contribution in [0.25, 0.3) is 0 Å². The highest BCUT2D eigenvalue weighted by molar-refractivity contribution is 5.04. The van der Waals surface area contributed by atoms with Crippen LogP contribution in [0.4, 0.5) is 0 Å². The first-order valence-corrected chi connectivity index (χ1v) is 4.69. The number of aryl methyl sites for hydroxylation is 1. The minimum absolute atomic E-state index is 0.0971. The Labute approximate surface area is 83.5 Å². The lowest BCUT2D eigenvalue weighted by atomic mass is 10.0. The molecule has 0 aliphatic carbocycles. The van der Waals surface area contributed by atoms with E-state index >= 15 is 0 Å². The fraction of sp³-hybridized carbons (Fsp3) is 0.778. The second-order valence-corrected chi connectivity index (χ2v) is 4.01. The van der Waals surface area contributed by atoms with E-state index < -0.39 is 0 Å². The lowest BCUT2D eigenvalue weighted by Gasteiger charge is -2.24. The molecule has 0 aromatic carbocycles. The van der Waals surface area contributed by atoms with E-state index in [4.69, 9.17) is 5.11 Å². The van der Waals surface area contributed by atoms with Gasteiger partial charge in [0.05, 0.1) is 0 Å². The molecule has 0 fully saturated rings. The van der Waals surface area contributed by atoms with E-state index in [9.17, 15) is 0 Å². The molecule has 0 bridgehead atoms. The Bertz CT molecular complexity index is 283. The predicted octanol–water partition coefficient (Wildman–Crippen LogP) is 0.629. The molecule has 14 heavy (non-hydrogen) atoms. The molecule has 0 saturated heterocycles. The maximum atomic E-state index is 8.83. The normalized spacial score (nSPS) is 12.0. The van der Waals surface area contributed by atoms with Crippen molar-refractivity contribution in [2.24, 2.45) is 0 Å². The van der Waals surface area contributed by atoms with Crippen molar-refractivity contribution in [1.29, 1.82) is 0 Å². The summed E-state index contributed by atoms with van der Waals surface area (Å²) in [6.07, 6.45) is 0.706. The molecule has 5 heteroatoms. The van der Waals surface area contributed by atoms with Crippen LogP contribution in [0.1, 0.15) is 31.7 Å².